The Kier molecular flexibility index (Phi) is 3.07. The van der Waals surface area contributed by atoms with Crippen LogP contribution in [0.4, 0.5) is 0 Å². The maximum absolute atomic E-state index is 9.10. The third-order valence-electron chi connectivity index (χ3n) is 3.74. The Balaban J connectivity index is 1.93. The first kappa shape index (κ1) is 10.4. The van der Waals surface area contributed by atoms with E-state index in [2.05, 4.69) is 10.2 Å². The van der Waals surface area contributed by atoms with E-state index in [0.29, 0.717) is 5.41 Å². The normalized spacial score (nSPS) is 33.6. The van der Waals surface area contributed by atoms with E-state index in [4.69, 9.17) is 10.2 Å². The highest BCUT2D eigenvalue weighted by atomic mass is 16.3. The van der Waals surface area contributed by atoms with E-state index in [1.54, 1.807) is 0 Å². The summed E-state index contributed by atoms with van der Waals surface area (Å²) in [6.07, 6.45) is 2.45. The summed E-state index contributed by atoms with van der Waals surface area (Å²) in [4.78, 5) is 2.23. The highest BCUT2D eigenvalue weighted by Crippen LogP contribution is 2.36. The van der Waals surface area contributed by atoms with Crippen LogP contribution in [0, 0.1) is 5.41 Å². The molecule has 1 unspecified atom stereocenters. The lowest BCUT2D eigenvalue weighted by molar-refractivity contribution is 0.0828. The molecule has 3 N–H and O–H groups in total. The molecule has 2 heterocycles. The maximum atomic E-state index is 9.10. The fourth-order valence-electron chi connectivity index (χ4n) is 2.71. The van der Waals surface area contributed by atoms with Crippen molar-refractivity contribution in [3.63, 3.8) is 0 Å². The second-order valence-corrected chi connectivity index (χ2v) is 4.67. The Morgan fingerprint density at radius 1 is 1.29 bits per heavy atom. The standard InChI is InChI=1S/C10H20N2O2/c13-5-9(6-14)12-4-2-10(8-12)1-3-11-7-10/h9,11,13-14H,1-8H2. The summed E-state index contributed by atoms with van der Waals surface area (Å²) in [7, 11) is 0. The molecule has 4 nitrogen and oxygen atoms in total. The minimum atomic E-state index is -0.0463. The highest BCUT2D eigenvalue weighted by molar-refractivity contribution is 4.97. The first-order valence-corrected chi connectivity index (χ1v) is 5.46. The SMILES string of the molecule is OCC(CO)N1CCC2(CCNC2)C1. The summed E-state index contributed by atoms with van der Waals surface area (Å²) in [6.45, 7) is 4.42. The first-order valence-electron chi connectivity index (χ1n) is 5.46. The number of hydrogen-bond acceptors (Lipinski definition) is 4. The van der Waals surface area contributed by atoms with Crippen molar-refractivity contribution in [1.82, 2.24) is 10.2 Å². The van der Waals surface area contributed by atoms with Gasteiger partial charge >= 0.3 is 0 Å². The van der Waals surface area contributed by atoms with Crippen molar-refractivity contribution in [3.05, 3.63) is 0 Å². The third kappa shape index (κ3) is 1.80. The zero-order valence-corrected chi connectivity index (χ0v) is 8.58. The smallest absolute Gasteiger partial charge is 0.0609 e. The number of nitrogens with one attached hydrogen (secondary N) is 1. The largest absolute Gasteiger partial charge is 0.395 e. The van der Waals surface area contributed by atoms with Crippen LogP contribution < -0.4 is 5.32 Å². The molecule has 2 fully saturated rings. The minimum Gasteiger partial charge on any atom is -0.395 e. The Labute approximate surface area is 84.9 Å². The summed E-state index contributed by atoms with van der Waals surface area (Å²) in [6, 6.07) is -0.0463. The van der Waals surface area contributed by atoms with Gasteiger partial charge in [-0.1, -0.05) is 0 Å². The van der Waals surface area contributed by atoms with Gasteiger partial charge in [0.25, 0.3) is 0 Å². The highest BCUT2D eigenvalue weighted by Gasteiger charge is 2.41. The molecule has 0 aromatic carbocycles. The van der Waals surface area contributed by atoms with Crippen LogP contribution in [0.2, 0.25) is 0 Å². The number of rotatable bonds is 3. The van der Waals surface area contributed by atoms with Crippen LogP contribution in [-0.2, 0) is 0 Å². The first-order chi connectivity index (χ1) is 6.79. The van der Waals surface area contributed by atoms with Gasteiger partial charge < -0.3 is 15.5 Å². The second-order valence-electron chi connectivity index (χ2n) is 4.67. The van der Waals surface area contributed by atoms with Crippen LogP contribution in [0.25, 0.3) is 0 Å². The van der Waals surface area contributed by atoms with Crippen molar-refractivity contribution in [2.45, 2.75) is 18.9 Å². The summed E-state index contributed by atoms with van der Waals surface area (Å²) in [5, 5.41) is 21.6. The molecular weight excluding hydrogens is 180 g/mol. The molecule has 2 rings (SSSR count). The number of nitrogens with zero attached hydrogens (tertiary/aromatic N) is 1. The zero-order valence-electron chi connectivity index (χ0n) is 8.58. The fraction of sp³-hybridized carbons (Fsp3) is 1.00. The third-order valence-corrected chi connectivity index (χ3v) is 3.74. The minimum absolute atomic E-state index is 0.0463. The van der Waals surface area contributed by atoms with Crippen LogP contribution in [0.1, 0.15) is 12.8 Å². The van der Waals surface area contributed by atoms with Crippen molar-refractivity contribution < 1.29 is 10.2 Å². The van der Waals surface area contributed by atoms with E-state index in [-0.39, 0.29) is 19.3 Å². The van der Waals surface area contributed by atoms with Gasteiger partial charge in [-0.05, 0) is 31.3 Å². The maximum Gasteiger partial charge on any atom is 0.0609 e. The Hall–Kier alpha value is -0.160. The van der Waals surface area contributed by atoms with Gasteiger partial charge in [-0.25, -0.2) is 0 Å². The number of hydrogen-bond donors (Lipinski definition) is 3. The molecule has 2 saturated heterocycles. The van der Waals surface area contributed by atoms with Crippen LogP contribution in [0.15, 0.2) is 0 Å². The van der Waals surface area contributed by atoms with E-state index in [0.717, 1.165) is 26.2 Å². The summed E-state index contributed by atoms with van der Waals surface area (Å²) < 4.78 is 0. The van der Waals surface area contributed by atoms with Crippen molar-refractivity contribution in [2.75, 3.05) is 39.4 Å². The number of aliphatic hydroxyl groups excluding tert-OH is 2. The van der Waals surface area contributed by atoms with Gasteiger partial charge in [-0.15, -0.1) is 0 Å². The molecule has 0 aromatic heterocycles. The molecule has 0 aliphatic carbocycles. The van der Waals surface area contributed by atoms with E-state index in [9.17, 15) is 0 Å². The lowest BCUT2D eigenvalue weighted by Gasteiger charge is -2.27. The van der Waals surface area contributed by atoms with Gasteiger partial charge in [0.2, 0.25) is 0 Å². The van der Waals surface area contributed by atoms with E-state index < -0.39 is 0 Å². The molecule has 0 saturated carbocycles. The van der Waals surface area contributed by atoms with Gasteiger partial charge in [0, 0.05) is 13.1 Å². The van der Waals surface area contributed by atoms with Crippen LogP contribution in [-0.4, -0.2) is 60.5 Å². The summed E-state index contributed by atoms with van der Waals surface area (Å²) >= 11 is 0. The molecule has 0 radical (unpaired) electrons. The average Bonchev–Trinajstić information content (AvgIpc) is 2.81. The Bertz CT molecular complexity index is 189. The predicted octanol–water partition coefficient (Wildman–Crippen LogP) is -0.975. The Morgan fingerprint density at radius 2 is 2.07 bits per heavy atom. The topological polar surface area (TPSA) is 55.7 Å². The van der Waals surface area contributed by atoms with E-state index in [1.807, 2.05) is 0 Å². The van der Waals surface area contributed by atoms with E-state index in [1.165, 1.54) is 12.8 Å². The Morgan fingerprint density at radius 3 is 2.64 bits per heavy atom. The van der Waals surface area contributed by atoms with Crippen LogP contribution >= 0.6 is 0 Å². The molecule has 4 heteroatoms. The molecule has 0 aromatic rings. The summed E-state index contributed by atoms with van der Waals surface area (Å²) in [5.74, 6) is 0. The second kappa shape index (κ2) is 4.14. The van der Waals surface area contributed by atoms with Crippen molar-refractivity contribution in [2.24, 2.45) is 5.41 Å². The molecule has 1 spiro atoms. The molecule has 2 aliphatic rings. The lowest BCUT2D eigenvalue weighted by atomic mass is 9.86. The quantitative estimate of drug-likeness (QED) is 0.548. The van der Waals surface area contributed by atoms with Crippen molar-refractivity contribution in [3.8, 4) is 0 Å². The fourth-order valence-corrected chi connectivity index (χ4v) is 2.71. The predicted molar refractivity (Wildman–Crippen MR) is 54.1 cm³/mol. The summed E-state index contributed by atoms with van der Waals surface area (Å²) in [5.41, 5.74) is 0.433. The molecule has 82 valence electrons. The van der Waals surface area contributed by atoms with Crippen molar-refractivity contribution in [1.29, 1.82) is 0 Å². The zero-order chi connectivity index (χ0) is 10.0. The molecule has 14 heavy (non-hydrogen) atoms. The molecule has 0 amide bonds. The van der Waals surface area contributed by atoms with Crippen molar-refractivity contribution >= 4 is 0 Å². The average molecular weight is 200 g/mol. The molecule has 0 bridgehead atoms. The van der Waals surface area contributed by atoms with Gasteiger partial charge in [0.1, 0.15) is 0 Å². The lowest BCUT2D eigenvalue weighted by Crippen LogP contribution is -2.40. The van der Waals surface area contributed by atoms with Crippen LogP contribution in [0.5, 0.6) is 0 Å². The van der Waals surface area contributed by atoms with Gasteiger partial charge in [0.15, 0.2) is 0 Å². The van der Waals surface area contributed by atoms with Crippen LogP contribution in [0.3, 0.4) is 0 Å². The monoisotopic (exact) mass is 200 g/mol. The molecule has 2 aliphatic heterocycles. The van der Waals surface area contributed by atoms with Gasteiger partial charge in [-0.2, -0.15) is 0 Å². The van der Waals surface area contributed by atoms with Gasteiger partial charge in [0.05, 0.1) is 19.3 Å². The number of aliphatic hydroxyl groups is 2. The van der Waals surface area contributed by atoms with E-state index >= 15 is 0 Å². The van der Waals surface area contributed by atoms with Gasteiger partial charge in [-0.3, -0.25) is 4.90 Å². The molecular formula is C10H20N2O2. The number of likely N-dealkylation sites (tertiary alicyclic amines) is 1. The molecule has 1 atom stereocenters.